The third-order valence-electron chi connectivity index (χ3n) is 1.10. The first kappa shape index (κ1) is 10.5. The van der Waals surface area contributed by atoms with E-state index >= 15 is 0 Å². The molecule has 12 heavy (non-hydrogen) atoms. The largest absolute Gasteiger partial charge is 0.481 e. The Labute approximate surface area is 71.8 Å². The maximum atomic E-state index is 9.37. The Bertz CT molecular complexity index is 221. The molecule has 0 aliphatic rings. The van der Waals surface area contributed by atoms with Crippen molar-refractivity contribution >= 4 is 11.7 Å². The van der Waals surface area contributed by atoms with Gasteiger partial charge in [-0.3, -0.25) is 4.79 Å². The van der Waals surface area contributed by atoms with Crippen LogP contribution in [0.4, 0.5) is 5.69 Å². The molecule has 3 N–H and O–H groups in total. The predicted octanol–water partition coefficient (Wildman–Crippen LogP) is 1.75. The maximum absolute atomic E-state index is 9.37. The highest BCUT2D eigenvalue weighted by atomic mass is 16.4. The number of carboxylic acids is 1. The zero-order valence-electron chi connectivity index (χ0n) is 7.03. The van der Waals surface area contributed by atoms with Gasteiger partial charge >= 0.3 is 5.97 Å². The molecular weight excluding hydrogens is 154 g/mol. The van der Waals surface area contributed by atoms with E-state index in [-0.39, 0.29) is 6.42 Å². The van der Waals surface area contributed by atoms with E-state index in [1.54, 1.807) is 6.92 Å². The van der Waals surface area contributed by atoms with Gasteiger partial charge in [0, 0.05) is 12.1 Å². The third-order valence-corrected chi connectivity index (χ3v) is 1.10. The van der Waals surface area contributed by atoms with E-state index in [1.165, 1.54) is 0 Å². The lowest BCUT2D eigenvalue weighted by Gasteiger charge is -1.83. The van der Waals surface area contributed by atoms with Crippen LogP contribution >= 0.6 is 0 Å². The van der Waals surface area contributed by atoms with Gasteiger partial charge in [-0.25, -0.2) is 0 Å². The SMILES string of the molecule is CCC(=O)O.Nc1ccccc1. The normalized spacial score (nSPS) is 8.08. The minimum atomic E-state index is -0.745. The zero-order chi connectivity index (χ0) is 9.40. The van der Waals surface area contributed by atoms with Crippen LogP contribution in [0.5, 0.6) is 0 Å². The van der Waals surface area contributed by atoms with Gasteiger partial charge in [0.2, 0.25) is 0 Å². The number of benzene rings is 1. The fraction of sp³-hybridized carbons (Fsp3) is 0.222. The van der Waals surface area contributed by atoms with Crippen LogP contribution in [0.3, 0.4) is 0 Å². The average Bonchev–Trinajstić information content (AvgIpc) is 2.07. The topological polar surface area (TPSA) is 63.3 Å². The molecule has 0 aliphatic carbocycles. The van der Waals surface area contributed by atoms with Crippen molar-refractivity contribution in [3.05, 3.63) is 30.3 Å². The first-order valence-electron chi connectivity index (χ1n) is 3.69. The van der Waals surface area contributed by atoms with E-state index < -0.39 is 5.97 Å². The standard InChI is InChI=1S/C6H7N.C3H6O2/c7-6-4-2-1-3-5-6;1-2-3(4)5/h1-5H,7H2;2H2,1H3,(H,4,5). The summed E-state index contributed by atoms with van der Waals surface area (Å²) in [5.74, 6) is -0.745. The Morgan fingerprint density at radius 3 is 2.00 bits per heavy atom. The predicted molar refractivity (Wildman–Crippen MR) is 48.8 cm³/mol. The number of rotatable bonds is 1. The van der Waals surface area contributed by atoms with Gasteiger partial charge in [0.15, 0.2) is 0 Å². The summed E-state index contributed by atoms with van der Waals surface area (Å²) in [4.78, 5) is 9.37. The monoisotopic (exact) mass is 167 g/mol. The summed E-state index contributed by atoms with van der Waals surface area (Å²) in [7, 11) is 0. The van der Waals surface area contributed by atoms with Crippen molar-refractivity contribution in [2.24, 2.45) is 0 Å². The quantitative estimate of drug-likeness (QED) is 0.626. The second-order valence-corrected chi connectivity index (χ2v) is 2.16. The van der Waals surface area contributed by atoms with Gasteiger partial charge < -0.3 is 10.8 Å². The lowest BCUT2D eigenvalue weighted by atomic mass is 10.3. The molecule has 0 aliphatic heterocycles. The molecule has 0 spiro atoms. The number of nitrogen functional groups attached to an aromatic ring is 1. The van der Waals surface area contributed by atoms with Crippen molar-refractivity contribution in [1.29, 1.82) is 0 Å². The minimum Gasteiger partial charge on any atom is -0.481 e. The maximum Gasteiger partial charge on any atom is 0.303 e. The van der Waals surface area contributed by atoms with Crippen molar-refractivity contribution in [2.75, 3.05) is 5.73 Å². The fourth-order valence-electron chi connectivity index (χ4n) is 0.453. The van der Waals surface area contributed by atoms with Crippen LogP contribution in [0.2, 0.25) is 0 Å². The number of anilines is 1. The summed E-state index contributed by atoms with van der Waals surface area (Å²) in [6, 6.07) is 9.49. The highest BCUT2D eigenvalue weighted by molar-refractivity contribution is 5.66. The van der Waals surface area contributed by atoms with Gasteiger partial charge in [0.1, 0.15) is 0 Å². The van der Waals surface area contributed by atoms with E-state index in [0.29, 0.717) is 0 Å². The first-order valence-corrected chi connectivity index (χ1v) is 3.69. The molecular formula is C9H13NO2. The van der Waals surface area contributed by atoms with Gasteiger partial charge in [-0.05, 0) is 12.1 Å². The number of carbonyl (C=O) groups is 1. The molecule has 1 rings (SSSR count). The Kier molecular flexibility index (Phi) is 5.43. The van der Waals surface area contributed by atoms with Gasteiger partial charge in [0.05, 0.1) is 0 Å². The summed E-state index contributed by atoms with van der Waals surface area (Å²) in [5, 5.41) is 7.72. The Morgan fingerprint density at radius 1 is 1.42 bits per heavy atom. The molecule has 1 aromatic rings. The molecule has 0 radical (unpaired) electrons. The number of para-hydroxylation sites is 1. The Balaban J connectivity index is 0.000000217. The van der Waals surface area contributed by atoms with Crippen LogP contribution in [0.25, 0.3) is 0 Å². The molecule has 0 bridgehead atoms. The Morgan fingerprint density at radius 2 is 1.83 bits per heavy atom. The third kappa shape index (κ3) is 6.61. The molecule has 0 unspecified atom stereocenters. The van der Waals surface area contributed by atoms with Crippen molar-refractivity contribution in [2.45, 2.75) is 13.3 Å². The molecule has 3 nitrogen and oxygen atoms in total. The number of hydrogen-bond acceptors (Lipinski definition) is 2. The van der Waals surface area contributed by atoms with E-state index in [0.717, 1.165) is 5.69 Å². The van der Waals surface area contributed by atoms with Gasteiger partial charge in [0.25, 0.3) is 0 Å². The fourth-order valence-corrected chi connectivity index (χ4v) is 0.453. The van der Waals surface area contributed by atoms with E-state index in [9.17, 15) is 4.79 Å². The number of carboxylic acid groups (broad SMARTS) is 1. The van der Waals surface area contributed by atoms with Crippen LogP contribution in [-0.2, 0) is 4.79 Å². The van der Waals surface area contributed by atoms with Crippen LogP contribution in [-0.4, -0.2) is 11.1 Å². The summed E-state index contributed by atoms with van der Waals surface area (Å²) in [6.07, 6.45) is 0.222. The van der Waals surface area contributed by atoms with Crippen molar-refractivity contribution in [3.8, 4) is 0 Å². The number of nitrogens with two attached hydrogens (primary N) is 1. The minimum absolute atomic E-state index is 0.222. The average molecular weight is 167 g/mol. The molecule has 0 amide bonds. The van der Waals surface area contributed by atoms with E-state index in [4.69, 9.17) is 10.8 Å². The van der Waals surface area contributed by atoms with Gasteiger partial charge in [-0.15, -0.1) is 0 Å². The number of hydrogen-bond donors (Lipinski definition) is 2. The second kappa shape index (κ2) is 6.22. The molecule has 0 heterocycles. The lowest BCUT2D eigenvalue weighted by molar-refractivity contribution is -0.136. The molecule has 0 aromatic heterocycles. The lowest BCUT2D eigenvalue weighted by Crippen LogP contribution is -1.86. The van der Waals surface area contributed by atoms with Crippen molar-refractivity contribution in [1.82, 2.24) is 0 Å². The Hall–Kier alpha value is -1.51. The zero-order valence-corrected chi connectivity index (χ0v) is 7.03. The van der Waals surface area contributed by atoms with Crippen LogP contribution in [0, 0.1) is 0 Å². The second-order valence-electron chi connectivity index (χ2n) is 2.16. The summed E-state index contributed by atoms with van der Waals surface area (Å²) in [5.41, 5.74) is 6.18. The molecule has 0 saturated heterocycles. The first-order chi connectivity index (χ1) is 5.66. The smallest absolute Gasteiger partial charge is 0.303 e. The van der Waals surface area contributed by atoms with Crippen LogP contribution in [0.1, 0.15) is 13.3 Å². The van der Waals surface area contributed by atoms with Crippen molar-refractivity contribution < 1.29 is 9.90 Å². The molecule has 1 aromatic carbocycles. The van der Waals surface area contributed by atoms with Crippen LogP contribution < -0.4 is 5.73 Å². The summed E-state index contributed by atoms with van der Waals surface area (Å²) >= 11 is 0. The molecule has 66 valence electrons. The molecule has 0 fully saturated rings. The highest BCUT2D eigenvalue weighted by Crippen LogP contribution is 1.95. The van der Waals surface area contributed by atoms with Crippen molar-refractivity contribution in [3.63, 3.8) is 0 Å². The van der Waals surface area contributed by atoms with E-state index in [2.05, 4.69) is 0 Å². The molecule has 3 heteroatoms. The van der Waals surface area contributed by atoms with Gasteiger partial charge in [-0.1, -0.05) is 25.1 Å². The molecule has 0 saturated carbocycles. The molecule has 0 atom stereocenters. The van der Waals surface area contributed by atoms with Gasteiger partial charge in [-0.2, -0.15) is 0 Å². The number of aliphatic carboxylic acids is 1. The summed E-state index contributed by atoms with van der Waals surface area (Å²) in [6.45, 7) is 1.60. The van der Waals surface area contributed by atoms with Crippen LogP contribution in [0.15, 0.2) is 30.3 Å². The van der Waals surface area contributed by atoms with E-state index in [1.807, 2.05) is 30.3 Å². The highest BCUT2D eigenvalue weighted by Gasteiger charge is 1.80. The summed E-state index contributed by atoms with van der Waals surface area (Å²) < 4.78 is 0.